The number of rotatable bonds is 5. The fourth-order valence-electron chi connectivity index (χ4n) is 3.94. The maximum atomic E-state index is 13.4. The van der Waals surface area contributed by atoms with Crippen LogP contribution in [0.2, 0.25) is 0 Å². The minimum Gasteiger partial charge on any atom is -0.493 e. The topological polar surface area (TPSA) is 112 Å². The Hall–Kier alpha value is -4.00. The number of fused-ring (bicyclic) bond motifs is 1. The van der Waals surface area contributed by atoms with Crippen LogP contribution in [0.25, 0.3) is 5.69 Å². The van der Waals surface area contributed by atoms with E-state index < -0.39 is 21.8 Å². The third kappa shape index (κ3) is 4.54. The summed E-state index contributed by atoms with van der Waals surface area (Å²) in [5, 5.41) is 7.59. The summed E-state index contributed by atoms with van der Waals surface area (Å²) in [6, 6.07) is 9.41. The van der Waals surface area contributed by atoms with Gasteiger partial charge in [-0.2, -0.15) is 13.2 Å². The molecule has 9 nitrogen and oxygen atoms in total. The molecule has 180 valence electrons. The largest absolute Gasteiger partial charge is 0.493 e. The summed E-state index contributed by atoms with van der Waals surface area (Å²) >= 11 is 0. The van der Waals surface area contributed by atoms with Gasteiger partial charge >= 0.3 is 6.18 Å². The van der Waals surface area contributed by atoms with Gasteiger partial charge in [-0.1, -0.05) is 17.3 Å². The average molecular weight is 502 g/mol. The van der Waals surface area contributed by atoms with Crippen molar-refractivity contribution in [3.05, 3.63) is 83.9 Å². The second-order valence-electron chi connectivity index (χ2n) is 7.69. The maximum Gasteiger partial charge on any atom is 0.416 e. The summed E-state index contributed by atoms with van der Waals surface area (Å²) in [7, 11) is -4.00. The zero-order valence-electron chi connectivity index (χ0n) is 17.8. The van der Waals surface area contributed by atoms with Crippen molar-refractivity contribution in [1.29, 1.82) is 0 Å². The predicted octanol–water partition coefficient (Wildman–Crippen LogP) is 3.79. The smallest absolute Gasteiger partial charge is 0.416 e. The van der Waals surface area contributed by atoms with Crippen LogP contribution in [0.1, 0.15) is 29.0 Å². The molecule has 2 aromatic heterocycles. The number of benzene rings is 2. The lowest BCUT2D eigenvalue weighted by molar-refractivity contribution is -0.137. The highest BCUT2D eigenvalue weighted by Crippen LogP contribution is 2.42. The Labute approximate surface area is 197 Å². The second-order valence-corrected chi connectivity index (χ2v) is 9.37. The highest BCUT2D eigenvalue weighted by atomic mass is 32.2. The fourth-order valence-corrected chi connectivity index (χ4v) is 4.91. The predicted molar refractivity (Wildman–Crippen MR) is 118 cm³/mol. The van der Waals surface area contributed by atoms with Gasteiger partial charge in [0.1, 0.15) is 5.75 Å². The molecule has 0 amide bonds. The monoisotopic (exact) mass is 502 g/mol. The quantitative estimate of drug-likeness (QED) is 0.442. The zero-order chi connectivity index (χ0) is 24.6. The van der Waals surface area contributed by atoms with Crippen molar-refractivity contribution in [3.8, 4) is 11.4 Å². The summed E-state index contributed by atoms with van der Waals surface area (Å²) in [4.78, 5) is 7.66. The molecule has 13 heteroatoms. The molecule has 0 saturated carbocycles. The molecule has 0 saturated heterocycles. The van der Waals surface area contributed by atoms with E-state index in [9.17, 15) is 21.6 Å². The van der Waals surface area contributed by atoms with Gasteiger partial charge in [0, 0.05) is 29.9 Å². The lowest BCUT2D eigenvalue weighted by Gasteiger charge is -2.28. The summed E-state index contributed by atoms with van der Waals surface area (Å²) in [6.45, 7) is 0.244. The molecule has 35 heavy (non-hydrogen) atoms. The van der Waals surface area contributed by atoms with E-state index in [0.717, 1.165) is 12.1 Å². The Morgan fingerprint density at radius 1 is 1.03 bits per heavy atom. The molecule has 0 spiro atoms. The highest BCUT2D eigenvalue weighted by molar-refractivity contribution is 7.92. The SMILES string of the molecule is O=S(=O)(Nc1ncccn1)c1ccc2c(c1)OCCC2c1ccc(C(F)(F)F)cc1-n1ccnn1. The Bertz CT molecular complexity index is 1460. The number of halogens is 3. The van der Waals surface area contributed by atoms with E-state index in [0.29, 0.717) is 23.3 Å². The van der Waals surface area contributed by atoms with Crippen LogP contribution in [-0.2, 0) is 16.2 Å². The number of ether oxygens (including phenoxy) is 1. The van der Waals surface area contributed by atoms with Gasteiger partial charge in [-0.25, -0.2) is 27.8 Å². The van der Waals surface area contributed by atoms with E-state index in [1.165, 1.54) is 47.7 Å². The van der Waals surface area contributed by atoms with Gasteiger partial charge in [-0.05, 0) is 36.2 Å². The number of hydrogen-bond acceptors (Lipinski definition) is 7. The van der Waals surface area contributed by atoms with Crippen molar-refractivity contribution in [3.63, 3.8) is 0 Å². The first kappa shape index (κ1) is 22.8. The van der Waals surface area contributed by atoms with Crippen LogP contribution >= 0.6 is 0 Å². The fraction of sp³-hybridized carbons (Fsp3) is 0.182. The molecule has 1 aliphatic heterocycles. The van der Waals surface area contributed by atoms with Crippen molar-refractivity contribution < 1.29 is 26.3 Å². The molecule has 0 bridgehead atoms. The molecule has 1 atom stereocenters. The van der Waals surface area contributed by atoms with Crippen molar-refractivity contribution in [2.75, 3.05) is 11.3 Å². The van der Waals surface area contributed by atoms with Crippen LogP contribution in [-0.4, -0.2) is 40.0 Å². The second kappa shape index (κ2) is 8.65. The Kier molecular flexibility index (Phi) is 5.63. The molecule has 1 unspecified atom stereocenters. The third-order valence-electron chi connectivity index (χ3n) is 5.53. The molecule has 2 aromatic carbocycles. The summed E-state index contributed by atoms with van der Waals surface area (Å²) < 4.78 is 75.1. The van der Waals surface area contributed by atoms with E-state index in [1.54, 1.807) is 12.1 Å². The number of sulfonamides is 1. The van der Waals surface area contributed by atoms with Crippen molar-refractivity contribution >= 4 is 16.0 Å². The molecule has 0 radical (unpaired) electrons. The van der Waals surface area contributed by atoms with Crippen LogP contribution in [0.15, 0.2) is 72.1 Å². The molecule has 0 fully saturated rings. The van der Waals surface area contributed by atoms with E-state index >= 15 is 0 Å². The van der Waals surface area contributed by atoms with Crippen LogP contribution in [0.3, 0.4) is 0 Å². The Morgan fingerprint density at radius 3 is 2.51 bits per heavy atom. The summed E-state index contributed by atoms with van der Waals surface area (Å²) in [6.07, 6.45) is 1.60. The molecule has 3 heterocycles. The van der Waals surface area contributed by atoms with Crippen molar-refractivity contribution in [2.24, 2.45) is 0 Å². The molecule has 1 aliphatic rings. The van der Waals surface area contributed by atoms with Crippen LogP contribution in [0, 0.1) is 0 Å². The first-order valence-corrected chi connectivity index (χ1v) is 11.8. The highest BCUT2D eigenvalue weighted by Gasteiger charge is 2.33. The van der Waals surface area contributed by atoms with Crippen molar-refractivity contribution in [2.45, 2.75) is 23.4 Å². The normalized spacial score (nSPS) is 15.8. The lowest BCUT2D eigenvalue weighted by atomic mass is 9.85. The number of anilines is 1. The number of nitrogens with one attached hydrogen (secondary N) is 1. The van der Waals surface area contributed by atoms with Gasteiger partial charge < -0.3 is 4.74 Å². The van der Waals surface area contributed by atoms with Crippen molar-refractivity contribution in [1.82, 2.24) is 25.0 Å². The minimum absolute atomic E-state index is 0.0618. The molecule has 4 aromatic rings. The molecule has 5 rings (SSSR count). The van der Waals surface area contributed by atoms with E-state index in [2.05, 4.69) is 25.0 Å². The standard InChI is InChI=1S/C22H17F3N6O3S/c23-22(24,25)14-2-4-17(19(12-14)31-10-9-28-30-31)16-6-11-34-20-13-15(3-5-18(16)20)35(32,33)29-21-26-7-1-8-27-21/h1-5,7-10,12-13,16H,6,11H2,(H,26,27,29). The van der Waals surface area contributed by atoms with Crippen LogP contribution in [0.5, 0.6) is 5.75 Å². The zero-order valence-corrected chi connectivity index (χ0v) is 18.7. The number of hydrogen-bond donors (Lipinski definition) is 1. The Balaban J connectivity index is 1.54. The van der Waals surface area contributed by atoms with E-state index in [1.807, 2.05) is 0 Å². The average Bonchev–Trinajstić information content (AvgIpc) is 3.38. The van der Waals surface area contributed by atoms with Gasteiger partial charge in [0.25, 0.3) is 10.0 Å². The number of aromatic nitrogens is 5. The third-order valence-corrected chi connectivity index (χ3v) is 6.85. The maximum absolute atomic E-state index is 13.4. The first-order valence-electron chi connectivity index (χ1n) is 10.4. The number of nitrogens with zero attached hydrogens (tertiary/aromatic N) is 5. The van der Waals surface area contributed by atoms with Gasteiger partial charge in [0.2, 0.25) is 5.95 Å². The molecular formula is C22H17F3N6O3S. The van der Waals surface area contributed by atoms with Gasteiger partial charge in [-0.3, -0.25) is 0 Å². The molecular weight excluding hydrogens is 485 g/mol. The lowest BCUT2D eigenvalue weighted by Crippen LogP contribution is -2.19. The Morgan fingerprint density at radius 2 is 1.80 bits per heavy atom. The van der Waals surface area contributed by atoms with E-state index in [4.69, 9.17) is 4.74 Å². The molecule has 1 N–H and O–H groups in total. The summed E-state index contributed by atoms with van der Waals surface area (Å²) in [5.41, 5.74) is 0.649. The van der Waals surface area contributed by atoms with Crippen LogP contribution in [0.4, 0.5) is 19.1 Å². The first-order chi connectivity index (χ1) is 16.7. The van der Waals surface area contributed by atoms with Gasteiger partial charge in [0.05, 0.1) is 35.1 Å². The van der Waals surface area contributed by atoms with Gasteiger partial charge in [-0.15, -0.1) is 5.10 Å². The van der Waals surface area contributed by atoms with Gasteiger partial charge in [0.15, 0.2) is 0 Å². The minimum atomic E-state index is -4.53. The number of alkyl halides is 3. The van der Waals surface area contributed by atoms with E-state index in [-0.39, 0.29) is 29.1 Å². The summed E-state index contributed by atoms with van der Waals surface area (Å²) in [5.74, 6) is -0.115. The van der Waals surface area contributed by atoms with Crippen LogP contribution < -0.4 is 9.46 Å². The molecule has 0 aliphatic carbocycles.